The van der Waals surface area contributed by atoms with Gasteiger partial charge in [0.2, 0.25) is 0 Å². The molecule has 0 aliphatic rings. The van der Waals surface area contributed by atoms with Crippen LogP contribution in [0.4, 0.5) is 0 Å². The molecule has 0 unspecified atom stereocenters. The first-order chi connectivity index (χ1) is 4.16. The van der Waals surface area contributed by atoms with Crippen molar-refractivity contribution in [3.8, 4) is 0 Å². The summed E-state index contributed by atoms with van der Waals surface area (Å²) < 4.78 is 4.88. The molecule has 0 fully saturated rings. The van der Waals surface area contributed by atoms with E-state index in [1.165, 1.54) is 6.26 Å². The van der Waals surface area contributed by atoms with Gasteiger partial charge in [0.05, 0.1) is 12.4 Å². The number of rotatable bonds is 3. The molecule has 9 heavy (non-hydrogen) atoms. The Kier molecular flexibility index (Phi) is 3.85. The van der Waals surface area contributed by atoms with Gasteiger partial charge in [0.25, 0.3) is 0 Å². The summed E-state index contributed by atoms with van der Waals surface area (Å²) in [7, 11) is 5.09. The molecule has 0 spiro atoms. The summed E-state index contributed by atoms with van der Waals surface area (Å²) in [5, 5.41) is 0. The molecule has 0 atom stereocenters. The van der Waals surface area contributed by atoms with Crippen molar-refractivity contribution < 1.29 is 9.53 Å². The van der Waals surface area contributed by atoms with Gasteiger partial charge in [-0.1, -0.05) is 0 Å². The smallest absolute Gasteiger partial charge is 0.138 e. The molecule has 0 saturated carbocycles. The normalized spacial score (nSPS) is 11.7. The molecule has 48 valence electrons. The Morgan fingerprint density at radius 3 is 2.56 bits per heavy atom. The highest BCUT2D eigenvalue weighted by Gasteiger charge is 1.87. The summed E-state index contributed by atoms with van der Waals surface area (Å²) in [5.41, 5.74) is 0.115. The molecular weight excluding hydrogens is 115 g/mol. The van der Waals surface area contributed by atoms with Gasteiger partial charge in [-0.2, -0.15) is 0 Å². The molecule has 0 aromatic heterocycles. The molecule has 0 bridgehead atoms. The molecule has 0 aliphatic heterocycles. The fourth-order valence-electron chi connectivity index (χ4n) is 0.242. The molecule has 0 amide bonds. The van der Waals surface area contributed by atoms with Crippen LogP contribution in [-0.4, -0.2) is 20.2 Å². The van der Waals surface area contributed by atoms with Crippen LogP contribution in [0.1, 0.15) is 13.8 Å². The highest BCUT2D eigenvalue weighted by Crippen LogP contribution is 1.90. The topological polar surface area (TPSA) is 26.3 Å². The molecule has 0 saturated heterocycles. The number of ether oxygens (including phenoxy) is 1. The molecule has 2 nitrogen and oxygen atoms in total. The van der Waals surface area contributed by atoms with E-state index in [1.54, 1.807) is 0 Å². The molecule has 3 heteroatoms. The van der Waals surface area contributed by atoms with Crippen LogP contribution in [0.2, 0.25) is 0 Å². The second-order valence-corrected chi connectivity index (χ2v) is 1.92. The van der Waals surface area contributed by atoms with E-state index in [1.807, 2.05) is 13.8 Å². The maximum atomic E-state index is 9.84. The number of carbonyl (C=O) groups excluding carboxylic acids is 1. The van der Waals surface area contributed by atoms with Gasteiger partial charge in [-0.15, -0.1) is 0 Å². The number of carbonyl (C=O) groups is 1. The Morgan fingerprint density at radius 1 is 1.67 bits per heavy atom. The van der Waals surface area contributed by atoms with Gasteiger partial charge in [0, 0.05) is 0 Å². The maximum Gasteiger partial charge on any atom is 0.138 e. The molecule has 0 aromatic carbocycles. The van der Waals surface area contributed by atoms with E-state index >= 15 is 0 Å². The number of hydrogen-bond donors (Lipinski definition) is 0. The van der Waals surface area contributed by atoms with E-state index < -0.39 is 0 Å². The van der Waals surface area contributed by atoms with Gasteiger partial charge in [0.15, 0.2) is 0 Å². The first-order valence-corrected chi connectivity index (χ1v) is 2.73. The first kappa shape index (κ1) is 8.27. The molecule has 0 aliphatic carbocycles. The van der Waals surface area contributed by atoms with E-state index in [0.29, 0.717) is 6.29 Å². The lowest BCUT2D eigenvalue weighted by atomic mass is 10.00. The van der Waals surface area contributed by atoms with Crippen LogP contribution >= 0.6 is 0 Å². The minimum Gasteiger partial charge on any atom is -0.499 e. The van der Waals surface area contributed by atoms with Crippen molar-refractivity contribution in [1.82, 2.24) is 0 Å². The summed E-state index contributed by atoms with van der Waals surface area (Å²) in [6.45, 7) is 3.71. The summed E-state index contributed by atoms with van der Waals surface area (Å²) in [4.78, 5) is 9.84. The standard InChI is InChI=1S/C6H9BO2/c1-5(2)9-4-6(7)3-8/h3-5H,1-2H3/b6-4+. The van der Waals surface area contributed by atoms with Crippen LogP contribution in [0.15, 0.2) is 11.7 Å². The monoisotopic (exact) mass is 124 g/mol. The Labute approximate surface area is 56.3 Å². The van der Waals surface area contributed by atoms with Crippen molar-refractivity contribution in [1.29, 1.82) is 0 Å². The van der Waals surface area contributed by atoms with Crippen LogP contribution in [0.3, 0.4) is 0 Å². The van der Waals surface area contributed by atoms with Crippen molar-refractivity contribution >= 4 is 14.1 Å². The highest BCUT2D eigenvalue weighted by molar-refractivity contribution is 6.31. The van der Waals surface area contributed by atoms with Crippen molar-refractivity contribution in [2.45, 2.75) is 20.0 Å². The molecule has 0 rings (SSSR count). The number of hydrogen-bond acceptors (Lipinski definition) is 2. The van der Waals surface area contributed by atoms with Crippen molar-refractivity contribution in [3.63, 3.8) is 0 Å². The van der Waals surface area contributed by atoms with Gasteiger partial charge in [0.1, 0.15) is 14.1 Å². The van der Waals surface area contributed by atoms with Gasteiger partial charge in [-0.25, -0.2) is 0 Å². The molecule has 0 aromatic rings. The average Bonchev–Trinajstić information content (AvgIpc) is 1.83. The lowest BCUT2D eigenvalue weighted by molar-refractivity contribution is -0.104. The Bertz CT molecular complexity index is 118. The second kappa shape index (κ2) is 4.18. The van der Waals surface area contributed by atoms with E-state index in [0.717, 1.165) is 0 Å². The SMILES string of the molecule is [B]/C(C=O)=C/OC(C)C. The van der Waals surface area contributed by atoms with Crippen LogP contribution < -0.4 is 0 Å². The Balaban J connectivity index is 3.56. The number of allylic oxidation sites excluding steroid dienone is 1. The fourth-order valence-corrected chi connectivity index (χ4v) is 0.242. The summed E-state index contributed by atoms with van der Waals surface area (Å²) in [6, 6.07) is 0. The minimum atomic E-state index is 0.0727. The number of aldehydes is 1. The van der Waals surface area contributed by atoms with E-state index in [2.05, 4.69) is 0 Å². The van der Waals surface area contributed by atoms with Gasteiger partial charge in [-0.05, 0) is 19.3 Å². The predicted molar refractivity (Wildman–Crippen MR) is 36.1 cm³/mol. The van der Waals surface area contributed by atoms with Crippen molar-refractivity contribution in [2.24, 2.45) is 0 Å². The van der Waals surface area contributed by atoms with Crippen LogP contribution in [0.5, 0.6) is 0 Å². The van der Waals surface area contributed by atoms with Crippen molar-refractivity contribution in [3.05, 3.63) is 11.7 Å². The lowest BCUT2D eigenvalue weighted by Gasteiger charge is -2.02. The van der Waals surface area contributed by atoms with Gasteiger partial charge in [-0.3, -0.25) is 4.79 Å². The van der Waals surface area contributed by atoms with Crippen LogP contribution in [-0.2, 0) is 9.53 Å². The first-order valence-electron chi connectivity index (χ1n) is 2.73. The van der Waals surface area contributed by atoms with Crippen molar-refractivity contribution in [2.75, 3.05) is 0 Å². The minimum absolute atomic E-state index is 0.0727. The molecule has 0 heterocycles. The zero-order chi connectivity index (χ0) is 7.28. The van der Waals surface area contributed by atoms with E-state index in [-0.39, 0.29) is 11.6 Å². The molecule has 2 radical (unpaired) electrons. The van der Waals surface area contributed by atoms with E-state index in [9.17, 15) is 4.79 Å². The van der Waals surface area contributed by atoms with Crippen LogP contribution in [0, 0.1) is 0 Å². The molecular formula is C6H9BO2. The third-order valence-corrected chi connectivity index (χ3v) is 0.612. The van der Waals surface area contributed by atoms with Gasteiger partial charge < -0.3 is 4.74 Å². The third kappa shape index (κ3) is 5.14. The lowest BCUT2D eigenvalue weighted by Crippen LogP contribution is -1.97. The maximum absolute atomic E-state index is 9.84. The highest BCUT2D eigenvalue weighted by atomic mass is 16.5. The summed E-state index contributed by atoms with van der Waals surface area (Å²) in [6.07, 6.45) is 1.86. The Morgan fingerprint density at radius 2 is 2.22 bits per heavy atom. The summed E-state index contributed by atoms with van der Waals surface area (Å²) in [5.74, 6) is 0. The van der Waals surface area contributed by atoms with Gasteiger partial charge >= 0.3 is 0 Å². The van der Waals surface area contributed by atoms with Crippen LogP contribution in [0.25, 0.3) is 0 Å². The quantitative estimate of drug-likeness (QED) is 0.238. The second-order valence-electron chi connectivity index (χ2n) is 1.92. The largest absolute Gasteiger partial charge is 0.499 e. The average molecular weight is 124 g/mol. The van der Waals surface area contributed by atoms with E-state index in [4.69, 9.17) is 12.6 Å². The Hall–Kier alpha value is -0.725. The molecule has 0 N–H and O–H groups in total. The summed E-state index contributed by atoms with van der Waals surface area (Å²) >= 11 is 0. The zero-order valence-corrected chi connectivity index (χ0v) is 5.63. The fraction of sp³-hybridized carbons (Fsp3) is 0.500. The zero-order valence-electron chi connectivity index (χ0n) is 5.63. The third-order valence-electron chi connectivity index (χ3n) is 0.612. The predicted octanol–water partition coefficient (Wildman–Crippen LogP) is 0.620.